The number of nitriles is 1. The molecule has 0 radical (unpaired) electrons. The molecule has 0 N–H and O–H groups in total. The third-order valence-corrected chi connectivity index (χ3v) is 4.99. The molecule has 2 aromatic carbocycles. The minimum Gasteiger partial charge on any atom is -0.258 e. The molecule has 0 saturated heterocycles. The number of nitrogens with zero attached hydrogens (tertiary/aromatic N) is 2. The highest BCUT2D eigenvalue weighted by molar-refractivity contribution is 7.91. The predicted octanol–water partition coefficient (Wildman–Crippen LogP) is 3.05. The van der Waals surface area contributed by atoms with Crippen LogP contribution in [0.3, 0.4) is 0 Å². The van der Waals surface area contributed by atoms with Crippen molar-refractivity contribution in [3.63, 3.8) is 0 Å². The van der Waals surface area contributed by atoms with Crippen molar-refractivity contribution in [2.75, 3.05) is 0 Å². The molecule has 0 fully saturated rings. The van der Waals surface area contributed by atoms with Crippen molar-refractivity contribution in [3.8, 4) is 6.07 Å². The van der Waals surface area contributed by atoms with Crippen molar-refractivity contribution >= 4 is 15.5 Å². The van der Waals surface area contributed by atoms with Crippen molar-refractivity contribution in [1.29, 1.82) is 5.26 Å². The molecule has 2 rings (SSSR count). The minimum atomic E-state index is -3.78. The van der Waals surface area contributed by atoms with Crippen molar-refractivity contribution in [1.82, 2.24) is 0 Å². The number of rotatable bonds is 4. The maximum absolute atomic E-state index is 12.5. The molecule has 0 saturated carbocycles. The highest BCUT2D eigenvalue weighted by Gasteiger charge is 2.24. The molecular formula is C15H12N2O4S. The van der Waals surface area contributed by atoms with E-state index in [2.05, 4.69) is 0 Å². The van der Waals surface area contributed by atoms with E-state index >= 15 is 0 Å². The zero-order valence-corrected chi connectivity index (χ0v) is 12.4. The van der Waals surface area contributed by atoms with Crippen molar-refractivity contribution in [2.45, 2.75) is 22.6 Å². The first kappa shape index (κ1) is 15.7. The summed E-state index contributed by atoms with van der Waals surface area (Å²) >= 11 is 0. The topological polar surface area (TPSA) is 101 Å². The van der Waals surface area contributed by atoms with Gasteiger partial charge in [0.05, 0.1) is 26.7 Å². The lowest BCUT2D eigenvalue weighted by molar-refractivity contribution is -0.385. The van der Waals surface area contributed by atoms with E-state index < -0.39 is 20.7 Å². The van der Waals surface area contributed by atoms with Crippen molar-refractivity contribution < 1.29 is 13.3 Å². The van der Waals surface area contributed by atoms with E-state index in [9.17, 15) is 18.5 Å². The summed E-state index contributed by atoms with van der Waals surface area (Å²) in [6.45, 7) is 1.49. The Kier molecular flexibility index (Phi) is 4.24. The van der Waals surface area contributed by atoms with Gasteiger partial charge in [-0.2, -0.15) is 5.26 Å². The van der Waals surface area contributed by atoms with Crippen molar-refractivity contribution in [2.24, 2.45) is 0 Å². The van der Waals surface area contributed by atoms with Gasteiger partial charge in [0.1, 0.15) is 0 Å². The summed E-state index contributed by atoms with van der Waals surface area (Å²) in [5.41, 5.74) is -0.175. The van der Waals surface area contributed by atoms with Crippen LogP contribution in [0, 0.1) is 21.4 Å². The first-order valence-electron chi connectivity index (χ1n) is 6.36. The van der Waals surface area contributed by atoms with E-state index in [-0.39, 0.29) is 21.0 Å². The molecule has 7 heteroatoms. The first-order chi connectivity index (χ1) is 10.4. The van der Waals surface area contributed by atoms with Gasteiger partial charge in [-0.25, -0.2) is 8.42 Å². The molecule has 0 aromatic heterocycles. The summed E-state index contributed by atoms with van der Waals surface area (Å²) in [5.74, 6) is -0.786. The fourth-order valence-electron chi connectivity index (χ4n) is 2.02. The van der Waals surface area contributed by atoms with Crippen molar-refractivity contribution in [3.05, 3.63) is 64.2 Å². The smallest absolute Gasteiger partial charge is 0.258 e. The molecule has 0 heterocycles. The average molecular weight is 316 g/mol. The number of sulfone groups is 1. The molecule has 0 aliphatic rings. The monoisotopic (exact) mass is 316 g/mol. The summed E-state index contributed by atoms with van der Waals surface area (Å²) in [6, 6.07) is 13.2. The maximum atomic E-state index is 12.5. The standard InChI is InChI=1S/C15H12N2O4S/c1-11(10-16)14-9-13(7-8-15(14)17(18)19)22(20,21)12-5-3-2-4-6-12/h2-9,11H,1H3. The lowest BCUT2D eigenvalue weighted by atomic mass is 10.0. The zero-order valence-electron chi connectivity index (χ0n) is 11.6. The largest absolute Gasteiger partial charge is 0.273 e. The fourth-order valence-corrected chi connectivity index (χ4v) is 3.34. The zero-order chi connectivity index (χ0) is 16.3. The average Bonchev–Trinajstić information content (AvgIpc) is 2.54. The van der Waals surface area contributed by atoms with Gasteiger partial charge in [-0.3, -0.25) is 10.1 Å². The van der Waals surface area contributed by atoms with Crippen LogP contribution in [-0.2, 0) is 9.84 Å². The van der Waals surface area contributed by atoms with Gasteiger partial charge in [-0.1, -0.05) is 18.2 Å². The van der Waals surface area contributed by atoms with Crippen LogP contribution in [0.1, 0.15) is 18.4 Å². The van der Waals surface area contributed by atoms with Crippen LogP contribution in [0.25, 0.3) is 0 Å². The van der Waals surface area contributed by atoms with Gasteiger partial charge in [0.2, 0.25) is 9.84 Å². The maximum Gasteiger partial charge on any atom is 0.273 e. The number of hydrogen-bond acceptors (Lipinski definition) is 5. The first-order valence-corrected chi connectivity index (χ1v) is 7.84. The van der Waals surface area contributed by atoms with Gasteiger partial charge in [-0.05, 0) is 31.2 Å². The molecular weight excluding hydrogens is 304 g/mol. The highest BCUT2D eigenvalue weighted by Crippen LogP contribution is 2.31. The molecule has 0 bridgehead atoms. The van der Waals surface area contributed by atoms with E-state index in [4.69, 9.17) is 5.26 Å². The summed E-state index contributed by atoms with van der Waals surface area (Å²) in [5, 5.41) is 20.0. The van der Waals surface area contributed by atoms with Crippen LogP contribution < -0.4 is 0 Å². The van der Waals surface area contributed by atoms with E-state index in [0.29, 0.717) is 0 Å². The van der Waals surface area contributed by atoms with Crippen LogP contribution in [0.15, 0.2) is 58.3 Å². The van der Waals surface area contributed by atoms with E-state index in [1.807, 2.05) is 6.07 Å². The lowest BCUT2D eigenvalue weighted by Gasteiger charge is -2.09. The van der Waals surface area contributed by atoms with Gasteiger partial charge in [-0.15, -0.1) is 0 Å². The molecule has 0 spiro atoms. The van der Waals surface area contributed by atoms with E-state index in [0.717, 1.165) is 6.07 Å². The molecule has 0 aliphatic carbocycles. The van der Waals surface area contributed by atoms with Gasteiger partial charge >= 0.3 is 0 Å². The number of benzene rings is 2. The van der Waals surface area contributed by atoms with E-state index in [1.165, 1.54) is 31.2 Å². The molecule has 22 heavy (non-hydrogen) atoms. The number of nitro groups is 1. The minimum absolute atomic E-state index is 0.0681. The summed E-state index contributed by atoms with van der Waals surface area (Å²) in [6.07, 6.45) is 0. The molecule has 1 unspecified atom stereocenters. The summed E-state index contributed by atoms with van der Waals surface area (Å²) in [7, 11) is -3.78. The Labute approximate surface area is 127 Å². The van der Waals surface area contributed by atoms with Gasteiger partial charge in [0.25, 0.3) is 5.69 Å². The second kappa shape index (κ2) is 5.95. The third kappa shape index (κ3) is 2.82. The normalized spacial score (nSPS) is 12.4. The van der Waals surface area contributed by atoms with Crippen LogP contribution in [0.2, 0.25) is 0 Å². The quantitative estimate of drug-likeness (QED) is 0.637. The lowest BCUT2D eigenvalue weighted by Crippen LogP contribution is -2.05. The van der Waals surface area contributed by atoms with Gasteiger partial charge in [0, 0.05) is 11.6 Å². The van der Waals surface area contributed by atoms with Gasteiger partial charge < -0.3 is 0 Å². The number of nitro benzene ring substituents is 1. The Morgan fingerprint density at radius 1 is 1.14 bits per heavy atom. The Hall–Kier alpha value is -2.72. The summed E-state index contributed by atoms with van der Waals surface area (Å²) in [4.78, 5) is 10.4. The van der Waals surface area contributed by atoms with Crippen LogP contribution >= 0.6 is 0 Å². The number of hydrogen-bond donors (Lipinski definition) is 0. The van der Waals surface area contributed by atoms with Crippen LogP contribution in [0.5, 0.6) is 0 Å². The predicted molar refractivity (Wildman–Crippen MR) is 79.0 cm³/mol. The summed E-state index contributed by atoms with van der Waals surface area (Å²) < 4.78 is 25.1. The molecule has 0 amide bonds. The second-order valence-electron chi connectivity index (χ2n) is 4.65. The molecule has 112 valence electrons. The SMILES string of the molecule is CC(C#N)c1cc(S(=O)(=O)c2ccccc2)ccc1[N+](=O)[O-]. The van der Waals surface area contributed by atoms with Gasteiger partial charge in [0.15, 0.2) is 0 Å². The highest BCUT2D eigenvalue weighted by atomic mass is 32.2. The second-order valence-corrected chi connectivity index (χ2v) is 6.59. The molecule has 0 aliphatic heterocycles. The Balaban J connectivity index is 2.64. The van der Waals surface area contributed by atoms with Crippen LogP contribution in [0.4, 0.5) is 5.69 Å². The molecule has 6 nitrogen and oxygen atoms in total. The Morgan fingerprint density at radius 3 is 2.32 bits per heavy atom. The fraction of sp³-hybridized carbons (Fsp3) is 0.133. The molecule has 2 aromatic rings. The third-order valence-electron chi connectivity index (χ3n) is 3.22. The van der Waals surface area contributed by atoms with E-state index in [1.54, 1.807) is 18.2 Å². The molecule has 1 atom stereocenters. The Morgan fingerprint density at radius 2 is 1.77 bits per heavy atom. The van der Waals surface area contributed by atoms with Crippen LogP contribution in [-0.4, -0.2) is 13.3 Å². The Bertz CT molecular complexity index is 855.